The zero-order chi connectivity index (χ0) is 41.2. The molecule has 2 heterocycles. The molecule has 63 heavy (non-hydrogen) atoms. The first-order valence-electron chi connectivity index (χ1n) is 21.9. The Balaban J connectivity index is 0.994. The Morgan fingerprint density at radius 2 is 0.635 bits per heavy atom. The second-order valence-corrected chi connectivity index (χ2v) is 17.2. The summed E-state index contributed by atoms with van der Waals surface area (Å²) in [5.41, 5.74) is 22.0. The Labute approximate surface area is 365 Å². The molecule has 292 valence electrons. The van der Waals surface area contributed by atoms with E-state index in [9.17, 15) is 0 Å². The van der Waals surface area contributed by atoms with Crippen LogP contribution in [0.5, 0.6) is 0 Å². The van der Waals surface area contributed by atoms with Crippen molar-refractivity contribution in [3.8, 4) is 55.9 Å². The maximum atomic E-state index is 2.51. The van der Waals surface area contributed by atoms with Crippen LogP contribution in [-0.2, 0) is 5.41 Å². The summed E-state index contributed by atoms with van der Waals surface area (Å²) in [6.07, 6.45) is 0. The minimum atomic E-state index is -0.539. The average molecular weight is 799 g/mol. The number of benzene rings is 10. The van der Waals surface area contributed by atoms with Crippen molar-refractivity contribution < 1.29 is 0 Å². The number of hydrogen-bond donors (Lipinski definition) is 0. The van der Waals surface area contributed by atoms with E-state index >= 15 is 0 Å². The Morgan fingerprint density at radius 3 is 1.17 bits per heavy atom. The van der Waals surface area contributed by atoms with E-state index < -0.39 is 5.41 Å². The highest BCUT2D eigenvalue weighted by molar-refractivity contribution is 6.13. The third-order valence-corrected chi connectivity index (χ3v) is 14.1. The van der Waals surface area contributed by atoms with Crippen molar-refractivity contribution in [3.63, 3.8) is 0 Å². The zero-order valence-corrected chi connectivity index (χ0v) is 34.3. The molecule has 0 amide bonds. The van der Waals surface area contributed by atoms with Crippen LogP contribution in [-0.4, -0.2) is 9.13 Å². The van der Waals surface area contributed by atoms with Crippen LogP contribution in [0.25, 0.3) is 99.5 Å². The summed E-state index contributed by atoms with van der Waals surface area (Å²) in [4.78, 5) is 0. The molecule has 14 rings (SSSR count). The molecular weight excluding hydrogens is 761 g/mol. The van der Waals surface area contributed by atoms with Crippen molar-refractivity contribution in [2.45, 2.75) is 5.41 Å². The Bertz CT molecular complexity index is 3790. The minimum Gasteiger partial charge on any atom is -0.309 e. The maximum absolute atomic E-state index is 2.51. The van der Waals surface area contributed by atoms with E-state index in [0.717, 1.165) is 5.69 Å². The van der Waals surface area contributed by atoms with Gasteiger partial charge in [-0.15, -0.1) is 0 Å². The fraction of sp³-hybridized carbons (Fsp3) is 0.0164. The van der Waals surface area contributed by atoms with Crippen molar-refractivity contribution in [1.29, 1.82) is 0 Å². The van der Waals surface area contributed by atoms with E-state index in [1.54, 1.807) is 0 Å². The highest BCUT2D eigenvalue weighted by Crippen LogP contribution is 2.61. The van der Waals surface area contributed by atoms with Gasteiger partial charge in [-0.1, -0.05) is 170 Å². The Morgan fingerprint density at radius 1 is 0.238 bits per heavy atom. The highest BCUT2D eigenvalue weighted by atomic mass is 15.0. The standard InChI is InChI=1S/C61H38N2/c1-2-16-41(17-3-1)62-57-28-14-9-23-49(57)51-36-39(30-34-59(51)62)40-31-35-60-52(37-40)50-24-10-15-29-58(50)63(60)42-32-33-48-47-22-8-13-27-55(47)61(56(48)38-42)53-25-11-6-20-45(53)43-18-4-5-19-44(43)46-21-7-12-26-54(46)61/h1-38H. The maximum Gasteiger partial charge on any atom is 0.0726 e. The summed E-state index contributed by atoms with van der Waals surface area (Å²) in [5.74, 6) is 0. The second-order valence-electron chi connectivity index (χ2n) is 17.2. The molecule has 2 nitrogen and oxygen atoms in total. The molecule has 2 heteroatoms. The summed E-state index contributed by atoms with van der Waals surface area (Å²) in [6, 6.07) is 86.0. The SMILES string of the molecule is c1ccc(-n2c3ccccc3c3cc(-c4ccc5c(c4)c4ccccc4n5-c4ccc5c(c4)C4(c6ccccc6-c6ccccc6-c6ccccc64)c4ccccc4-5)ccc32)cc1. The second kappa shape index (κ2) is 12.9. The van der Waals surface area contributed by atoms with Gasteiger partial charge in [-0.2, -0.15) is 0 Å². The van der Waals surface area contributed by atoms with Gasteiger partial charge >= 0.3 is 0 Å². The molecule has 0 unspecified atom stereocenters. The van der Waals surface area contributed by atoms with Crippen LogP contribution < -0.4 is 0 Å². The van der Waals surface area contributed by atoms with Gasteiger partial charge in [-0.25, -0.2) is 0 Å². The fourth-order valence-corrected chi connectivity index (χ4v) is 11.6. The molecule has 2 aromatic heterocycles. The number of hydrogen-bond acceptors (Lipinski definition) is 0. The third kappa shape index (κ3) is 4.62. The van der Waals surface area contributed by atoms with E-state index in [4.69, 9.17) is 0 Å². The molecule has 0 fully saturated rings. The summed E-state index contributed by atoms with van der Waals surface area (Å²) in [5, 5.41) is 5.01. The lowest BCUT2D eigenvalue weighted by Crippen LogP contribution is -2.29. The van der Waals surface area contributed by atoms with Crippen LogP contribution in [0.15, 0.2) is 231 Å². The number of aromatic nitrogens is 2. The van der Waals surface area contributed by atoms with Crippen molar-refractivity contribution >= 4 is 43.6 Å². The van der Waals surface area contributed by atoms with Crippen molar-refractivity contribution in [2.75, 3.05) is 0 Å². The number of fused-ring (bicyclic) bond motifs is 18. The van der Waals surface area contributed by atoms with E-state index in [1.807, 2.05) is 0 Å². The summed E-state index contributed by atoms with van der Waals surface area (Å²) >= 11 is 0. The quantitative estimate of drug-likeness (QED) is 0.168. The van der Waals surface area contributed by atoms with Gasteiger partial charge in [-0.3, -0.25) is 0 Å². The molecule has 0 radical (unpaired) electrons. The van der Waals surface area contributed by atoms with Gasteiger partial charge in [0.1, 0.15) is 0 Å². The monoisotopic (exact) mass is 798 g/mol. The molecule has 12 aromatic rings. The van der Waals surface area contributed by atoms with Gasteiger partial charge in [0.2, 0.25) is 0 Å². The average Bonchev–Trinajstić information content (AvgIpc) is 3.95. The van der Waals surface area contributed by atoms with Crippen LogP contribution in [0.4, 0.5) is 0 Å². The largest absolute Gasteiger partial charge is 0.309 e. The van der Waals surface area contributed by atoms with Crippen molar-refractivity contribution in [2.24, 2.45) is 0 Å². The predicted octanol–water partition coefficient (Wildman–Crippen LogP) is 15.6. The molecular formula is C61H38N2. The summed E-state index contributed by atoms with van der Waals surface area (Å²) in [6.45, 7) is 0. The summed E-state index contributed by atoms with van der Waals surface area (Å²) < 4.78 is 4.88. The molecule has 2 aliphatic carbocycles. The first-order chi connectivity index (χ1) is 31.3. The van der Waals surface area contributed by atoms with E-state index in [-0.39, 0.29) is 0 Å². The first-order valence-corrected chi connectivity index (χ1v) is 21.9. The molecule has 0 aliphatic heterocycles. The van der Waals surface area contributed by atoms with Crippen molar-refractivity contribution in [3.05, 3.63) is 253 Å². The van der Waals surface area contributed by atoms with E-state index in [0.29, 0.717) is 0 Å². The topological polar surface area (TPSA) is 9.86 Å². The van der Waals surface area contributed by atoms with Gasteiger partial charge in [0.15, 0.2) is 0 Å². The van der Waals surface area contributed by atoms with Crippen LogP contribution in [0.2, 0.25) is 0 Å². The van der Waals surface area contributed by atoms with E-state index in [2.05, 4.69) is 240 Å². The molecule has 1 spiro atoms. The van der Waals surface area contributed by atoms with Gasteiger partial charge in [0, 0.05) is 32.9 Å². The van der Waals surface area contributed by atoms with Crippen LogP contribution in [0, 0.1) is 0 Å². The van der Waals surface area contributed by atoms with Crippen LogP contribution >= 0.6 is 0 Å². The van der Waals surface area contributed by atoms with Gasteiger partial charge in [0.05, 0.1) is 27.5 Å². The summed E-state index contributed by atoms with van der Waals surface area (Å²) in [7, 11) is 0. The molecule has 0 bridgehead atoms. The first kappa shape index (κ1) is 34.5. The molecule has 2 aliphatic rings. The lowest BCUT2D eigenvalue weighted by molar-refractivity contribution is 0.774. The van der Waals surface area contributed by atoms with Crippen LogP contribution in [0.3, 0.4) is 0 Å². The molecule has 10 aromatic carbocycles. The smallest absolute Gasteiger partial charge is 0.0726 e. The van der Waals surface area contributed by atoms with Crippen molar-refractivity contribution in [1.82, 2.24) is 9.13 Å². The molecule has 0 saturated heterocycles. The van der Waals surface area contributed by atoms with Gasteiger partial charge in [-0.05, 0) is 127 Å². The van der Waals surface area contributed by atoms with Gasteiger partial charge in [0.25, 0.3) is 0 Å². The molecule has 0 N–H and O–H groups in total. The highest BCUT2D eigenvalue weighted by Gasteiger charge is 2.49. The Hall–Kier alpha value is -8.20. The Kier molecular flexibility index (Phi) is 7.07. The molecule has 0 atom stereocenters. The van der Waals surface area contributed by atoms with Crippen LogP contribution in [0.1, 0.15) is 22.3 Å². The zero-order valence-electron chi connectivity index (χ0n) is 34.3. The number of nitrogens with zero attached hydrogens (tertiary/aromatic N) is 2. The lowest BCUT2D eigenvalue weighted by atomic mass is 9.66. The van der Waals surface area contributed by atoms with E-state index in [1.165, 1.54) is 116 Å². The number of rotatable bonds is 3. The normalized spacial score (nSPS) is 13.2. The fourth-order valence-electron chi connectivity index (χ4n) is 11.6. The third-order valence-electron chi connectivity index (χ3n) is 14.1. The number of para-hydroxylation sites is 3. The van der Waals surface area contributed by atoms with Gasteiger partial charge < -0.3 is 9.13 Å². The minimum absolute atomic E-state index is 0.539. The predicted molar refractivity (Wildman–Crippen MR) is 262 cm³/mol. The lowest BCUT2D eigenvalue weighted by Gasteiger charge is -2.35. The molecule has 0 saturated carbocycles.